The van der Waals surface area contributed by atoms with Gasteiger partial charge in [0.25, 0.3) is 10.0 Å². The van der Waals surface area contributed by atoms with Gasteiger partial charge >= 0.3 is 0 Å². The minimum atomic E-state index is -3.80. The van der Waals surface area contributed by atoms with Gasteiger partial charge < -0.3 is 5.32 Å². The minimum Gasteiger partial charge on any atom is -0.386 e. The van der Waals surface area contributed by atoms with Crippen LogP contribution in [0.1, 0.15) is 5.56 Å². The highest BCUT2D eigenvalue weighted by molar-refractivity contribution is 7.92. The van der Waals surface area contributed by atoms with Crippen LogP contribution in [0, 0.1) is 6.92 Å². The van der Waals surface area contributed by atoms with Gasteiger partial charge in [-0.25, -0.2) is 4.98 Å². The molecule has 0 saturated heterocycles. The van der Waals surface area contributed by atoms with Crippen molar-refractivity contribution in [1.82, 2.24) is 4.98 Å². The number of hydrogen-bond acceptors (Lipinski definition) is 4. The second-order valence-corrected chi connectivity index (χ2v) is 6.20. The number of anilines is 2. The van der Waals surface area contributed by atoms with E-state index in [1.807, 2.05) is 6.92 Å². The molecule has 0 aliphatic rings. The molecular weight excluding hydrogens is 298 g/mol. The third kappa shape index (κ3) is 3.02. The molecule has 0 atom stereocenters. The highest BCUT2D eigenvalue weighted by Gasteiger charge is 2.20. The molecule has 1 heterocycles. The lowest BCUT2D eigenvalue weighted by Crippen LogP contribution is -2.16. The monoisotopic (exact) mass is 311 g/mol. The van der Waals surface area contributed by atoms with Gasteiger partial charge in [-0.1, -0.05) is 17.7 Å². The Kier molecular flexibility index (Phi) is 4.15. The number of hydrogen-bond donors (Lipinski definition) is 2. The zero-order valence-electron chi connectivity index (χ0n) is 11.0. The fourth-order valence-corrected chi connectivity index (χ4v) is 3.25. The largest absolute Gasteiger partial charge is 0.386 e. The van der Waals surface area contributed by atoms with E-state index in [1.54, 1.807) is 37.4 Å². The van der Waals surface area contributed by atoms with Gasteiger partial charge in [-0.3, -0.25) is 4.72 Å². The molecule has 1 aromatic carbocycles. The first-order chi connectivity index (χ1) is 9.44. The molecule has 0 saturated carbocycles. The number of aromatic nitrogens is 1. The first-order valence-electron chi connectivity index (χ1n) is 5.86. The Balaban J connectivity index is 2.41. The summed E-state index contributed by atoms with van der Waals surface area (Å²) in [5.41, 5.74) is 1.69. The van der Waals surface area contributed by atoms with E-state index in [0.29, 0.717) is 16.4 Å². The van der Waals surface area contributed by atoms with Gasteiger partial charge in [0.15, 0.2) is 5.03 Å². The van der Waals surface area contributed by atoms with Crippen LogP contribution < -0.4 is 10.0 Å². The standard InChI is InChI=1S/C13H14ClN3O2S/c1-9-5-6-11(10(14)8-9)17-20(18,19)13-12(15-2)4-3-7-16-13/h3-8,15,17H,1-2H3. The highest BCUT2D eigenvalue weighted by atomic mass is 35.5. The first kappa shape index (κ1) is 14.6. The number of nitrogens with zero attached hydrogens (tertiary/aromatic N) is 1. The maximum atomic E-state index is 12.3. The topological polar surface area (TPSA) is 71.1 Å². The summed E-state index contributed by atoms with van der Waals surface area (Å²) in [6.45, 7) is 1.88. The Bertz CT molecular complexity index is 732. The van der Waals surface area contributed by atoms with E-state index in [-0.39, 0.29) is 5.03 Å². The van der Waals surface area contributed by atoms with Crippen molar-refractivity contribution >= 4 is 33.0 Å². The summed E-state index contributed by atoms with van der Waals surface area (Å²) in [4.78, 5) is 3.91. The van der Waals surface area contributed by atoms with Gasteiger partial charge in [0.1, 0.15) is 0 Å². The Morgan fingerprint density at radius 3 is 2.60 bits per heavy atom. The van der Waals surface area contributed by atoms with E-state index in [4.69, 9.17) is 11.6 Å². The molecule has 1 aromatic heterocycles. The molecule has 0 spiro atoms. The van der Waals surface area contributed by atoms with Crippen LogP contribution in [-0.2, 0) is 10.0 Å². The van der Waals surface area contributed by atoms with Crippen LogP contribution in [0.15, 0.2) is 41.6 Å². The molecular formula is C13H14ClN3O2S. The molecule has 0 bridgehead atoms. The van der Waals surface area contributed by atoms with E-state index in [9.17, 15) is 8.42 Å². The summed E-state index contributed by atoms with van der Waals surface area (Å²) in [6.07, 6.45) is 1.42. The lowest BCUT2D eigenvalue weighted by molar-refractivity contribution is 0.598. The number of pyridine rings is 1. The van der Waals surface area contributed by atoms with Crippen molar-refractivity contribution in [2.24, 2.45) is 0 Å². The second-order valence-electron chi connectivity index (χ2n) is 4.19. The van der Waals surface area contributed by atoms with Crippen molar-refractivity contribution in [2.45, 2.75) is 11.9 Å². The predicted molar refractivity (Wildman–Crippen MR) is 80.8 cm³/mol. The molecule has 2 N–H and O–H groups in total. The molecule has 5 nitrogen and oxygen atoms in total. The van der Waals surface area contributed by atoms with Crippen LogP contribution in [0.3, 0.4) is 0 Å². The van der Waals surface area contributed by atoms with Gasteiger partial charge in [-0.2, -0.15) is 8.42 Å². The second kappa shape index (κ2) is 5.68. The van der Waals surface area contributed by atoms with Gasteiger partial charge in [0.05, 0.1) is 16.4 Å². The summed E-state index contributed by atoms with van der Waals surface area (Å²) in [5.74, 6) is 0. The molecule has 2 rings (SSSR count). The number of benzene rings is 1. The smallest absolute Gasteiger partial charge is 0.281 e. The third-order valence-electron chi connectivity index (χ3n) is 2.66. The van der Waals surface area contributed by atoms with E-state index >= 15 is 0 Å². The van der Waals surface area contributed by atoms with E-state index in [0.717, 1.165) is 5.56 Å². The molecule has 2 aromatic rings. The van der Waals surface area contributed by atoms with Crippen LogP contribution >= 0.6 is 11.6 Å². The molecule has 20 heavy (non-hydrogen) atoms. The molecule has 0 aliphatic carbocycles. The van der Waals surface area contributed by atoms with Crippen molar-refractivity contribution in [2.75, 3.05) is 17.1 Å². The van der Waals surface area contributed by atoms with Gasteiger partial charge in [-0.05, 0) is 36.8 Å². The van der Waals surface area contributed by atoms with E-state index < -0.39 is 10.0 Å². The quantitative estimate of drug-likeness (QED) is 0.911. The van der Waals surface area contributed by atoms with Crippen LogP contribution in [0.4, 0.5) is 11.4 Å². The zero-order chi connectivity index (χ0) is 14.8. The third-order valence-corrected chi connectivity index (χ3v) is 4.30. The van der Waals surface area contributed by atoms with Crippen molar-refractivity contribution in [3.63, 3.8) is 0 Å². The van der Waals surface area contributed by atoms with Gasteiger partial charge in [0.2, 0.25) is 0 Å². The summed E-state index contributed by atoms with van der Waals surface area (Å²) < 4.78 is 27.1. The lowest BCUT2D eigenvalue weighted by atomic mass is 10.2. The first-order valence-corrected chi connectivity index (χ1v) is 7.72. The number of nitrogens with one attached hydrogen (secondary N) is 2. The molecule has 0 aliphatic heterocycles. The summed E-state index contributed by atoms with van der Waals surface area (Å²) in [5, 5.41) is 3.07. The van der Waals surface area contributed by atoms with Crippen LogP contribution in [0.25, 0.3) is 0 Å². The molecule has 0 unspecified atom stereocenters. The lowest BCUT2D eigenvalue weighted by Gasteiger charge is -2.12. The molecule has 7 heteroatoms. The van der Waals surface area contributed by atoms with Crippen molar-refractivity contribution in [3.8, 4) is 0 Å². The van der Waals surface area contributed by atoms with Crippen molar-refractivity contribution in [3.05, 3.63) is 47.1 Å². The van der Waals surface area contributed by atoms with Crippen molar-refractivity contribution in [1.29, 1.82) is 0 Å². The Hall–Kier alpha value is -1.79. The average molecular weight is 312 g/mol. The number of halogens is 1. The molecule has 106 valence electrons. The van der Waals surface area contributed by atoms with Crippen LogP contribution in [0.5, 0.6) is 0 Å². The summed E-state index contributed by atoms with van der Waals surface area (Å²) in [6, 6.07) is 8.39. The maximum Gasteiger partial charge on any atom is 0.281 e. The van der Waals surface area contributed by atoms with Crippen LogP contribution in [-0.4, -0.2) is 20.4 Å². The maximum absolute atomic E-state index is 12.3. The highest BCUT2D eigenvalue weighted by Crippen LogP contribution is 2.26. The fourth-order valence-electron chi connectivity index (χ4n) is 1.69. The summed E-state index contributed by atoms with van der Waals surface area (Å²) >= 11 is 6.03. The SMILES string of the molecule is CNc1cccnc1S(=O)(=O)Nc1ccc(C)cc1Cl. The van der Waals surface area contributed by atoms with E-state index in [1.165, 1.54) is 6.20 Å². The molecule has 0 amide bonds. The Morgan fingerprint density at radius 1 is 1.20 bits per heavy atom. The van der Waals surface area contributed by atoms with Crippen molar-refractivity contribution < 1.29 is 8.42 Å². The van der Waals surface area contributed by atoms with Gasteiger partial charge in [0, 0.05) is 13.2 Å². The average Bonchev–Trinajstić information content (AvgIpc) is 2.42. The summed E-state index contributed by atoms with van der Waals surface area (Å²) in [7, 11) is -2.17. The van der Waals surface area contributed by atoms with Crippen LogP contribution in [0.2, 0.25) is 5.02 Å². The predicted octanol–water partition coefficient (Wildman–Crippen LogP) is 2.89. The molecule has 0 radical (unpaired) electrons. The number of aryl methyl sites for hydroxylation is 1. The minimum absolute atomic E-state index is 0.0702. The van der Waals surface area contributed by atoms with Gasteiger partial charge in [-0.15, -0.1) is 0 Å². The van der Waals surface area contributed by atoms with E-state index in [2.05, 4.69) is 15.0 Å². The Morgan fingerprint density at radius 2 is 1.95 bits per heavy atom. The zero-order valence-corrected chi connectivity index (χ0v) is 12.6. The number of rotatable bonds is 4. The Labute approximate surface area is 123 Å². The molecule has 0 fully saturated rings. The normalized spacial score (nSPS) is 11.2. The number of sulfonamides is 1. The fraction of sp³-hybridized carbons (Fsp3) is 0.154.